The summed E-state index contributed by atoms with van der Waals surface area (Å²) in [5.74, 6) is 0.562. The molecule has 0 fully saturated rings. The summed E-state index contributed by atoms with van der Waals surface area (Å²) in [4.78, 5) is 17.9. The van der Waals surface area contributed by atoms with Crippen molar-refractivity contribution < 1.29 is 13.7 Å². The topological polar surface area (TPSA) is 71.3 Å². The quantitative estimate of drug-likeness (QED) is 0.770. The zero-order valence-electron chi connectivity index (χ0n) is 13.6. The van der Waals surface area contributed by atoms with Gasteiger partial charge in [-0.05, 0) is 30.3 Å². The molecule has 1 heterocycles. The van der Waals surface area contributed by atoms with Crippen LogP contribution in [0.3, 0.4) is 0 Å². The van der Waals surface area contributed by atoms with Crippen LogP contribution in [-0.4, -0.2) is 34.7 Å². The molecule has 0 unspecified atom stereocenters. The van der Waals surface area contributed by atoms with Gasteiger partial charge in [0, 0.05) is 31.3 Å². The van der Waals surface area contributed by atoms with E-state index < -0.39 is 5.82 Å². The molecule has 0 radical (unpaired) electrons. The van der Waals surface area contributed by atoms with Crippen LogP contribution in [0.1, 0.15) is 5.82 Å². The van der Waals surface area contributed by atoms with Gasteiger partial charge in [0.1, 0.15) is 5.82 Å². The average molecular weight is 340 g/mol. The Morgan fingerprint density at radius 1 is 1.20 bits per heavy atom. The average Bonchev–Trinajstić information content (AvgIpc) is 3.09. The van der Waals surface area contributed by atoms with E-state index in [1.54, 1.807) is 13.1 Å². The number of halogens is 1. The monoisotopic (exact) mass is 340 g/mol. The minimum absolute atomic E-state index is 0.336. The van der Waals surface area contributed by atoms with E-state index >= 15 is 0 Å². The second-order valence-corrected chi connectivity index (χ2v) is 5.49. The van der Waals surface area contributed by atoms with Crippen molar-refractivity contribution in [3.8, 4) is 11.5 Å². The van der Waals surface area contributed by atoms with Crippen LogP contribution >= 0.6 is 0 Å². The third-order valence-electron chi connectivity index (χ3n) is 3.58. The molecule has 6 nitrogen and oxygen atoms in total. The van der Waals surface area contributed by atoms with E-state index in [1.807, 2.05) is 30.3 Å². The molecule has 0 spiro atoms. The van der Waals surface area contributed by atoms with Gasteiger partial charge in [0.2, 0.25) is 0 Å². The van der Waals surface area contributed by atoms with Crippen molar-refractivity contribution in [2.75, 3.05) is 18.9 Å². The Morgan fingerprint density at radius 2 is 2.00 bits per heavy atom. The van der Waals surface area contributed by atoms with Crippen molar-refractivity contribution in [2.45, 2.75) is 6.42 Å². The van der Waals surface area contributed by atoms with Crippen LogP contribution in [0.15, 0.2) is 59.1 Å². The van der Waals surface area contributed by atoms with E-state index in [4.69, 9.17) is 4.52 Å². The highest BCUT2D eigenvalue weighted by atomic mass is 19.1. The molecule has 25 heavy (non-hydrogen) atoms. The van der Waals surface area contributed by atoms with Crippen molar-refractivity contribution in [1.29, 1.82) is 0 Å². The fourth-order valence-corrected chi connectivity index (χ4v) is 2.21. The lowest BCUT2D eigenvalue weighted by atomic mass is 10.2. The molecule has 1 N–H and O–H groups in total. The fraction of sp³-hybridized carbons (Fsp3) is 0.167. The lowest BCUT2D eigenvalue weighted by molar-refractivity contribution is 0.222. The van der Waals surface area contributed by atoms with E-state index in [0.29, 0.717) is 30.4 Å². The number of urea groups is 1. The minimum Gasteiger partial charge on any atom is -0.334 e. The van der Waals surface area contributed by atoms with Gasteiger partial charge in [-0.15, -0.1) is 0 Å². The Labute approximate surface area is 144 Å². The maximum Gasteiger partial charge on any atom is 0.321 e. The van der Waals surface area contributed by atoms with Crippen molar-refractivity contribution in [1.82, 2.24) is 15.0 Å². The molecule has 3 aromatic rings. The first-order chi connectivity index (χ1) is 12.1. The first-order valence-electron chi connectivity index (χ1n) is 7.77. The third-order valence-corrected chi connectivity index (χ3v) is 3.58. The molecule has 0 bridgehead atoms. The molecule has 2 amide bonds. The zero-order valence-corrected chi connectivity index (χ0v) is 13.6. The van der Waals surface area contributed by atoms with Crippen LogP contribution in [0.4, 0.5) is 14.9 Å². The van der Waals surface area contributed by atoms with E-state index in [2.05, 4.69) is 15.5 Å². The summed E-state index contributed by atoms with van der Waals surface area (Å²) in [6.07, 6.45) is 0.448. The van der Waals surface area contributed by atoms with Crippen LogP contribution in [0.2, 0.25) is 0 Å². The highest BCUT2D eigenvalue weighted by molar-refractivity contribution is 5.89. The number of nitrogens with one attached hydrogen (secondary N) is 1. The molecular formula is C18H17FN4O2. The second-order valence-electron chi connectivity index (χ2n) is 5.49. The Bertz CT molecular complexity index is 851. The van der Waals surface area contributed by atoms with E-state index in [1.165, 1.54) is 23.1 Å². The van der Waals surface area contributed by atoms with Crippen molar-refractivity contribution >= 4 is 11.7 Å². The molecule has 0 saturated heterocycles. The number of nitrogens with zero attached hydrogens (tertiary/aromatic N) is 3. The van der Waals surface area contributed by atoms with Crippen LogP contribution in [-0.2, 0) is 6.42 Å². The number of anilines is 1. The highest BCUT2D eigenvalue weighted by Gasteiger charge is 2.12. The largest absolute Gasteiger partial charge is 0.334 e. The van der Waals surface area contributed by atoms with Gasteiger partial charge in [-0.25, -0.2) is 9.18 Å². The number of benzene rings is 2. The van der Waals surface area contributed by atoms with Crippen molar-refractivity contribution in [2.24, 2.45) is 0 Å². The summed E-state index contributed by atoms with van der Waals surface area (Å²) >= 11 is 0. The molecular weight excluding hydrogens is 323 g/mol. The molecule has 0 aliphatic carbocycles. The Kier molecular flexibility index (Phi) is 5.03. The summed E-state index contributed by atoms with van der Waals surface area (Å²) in [6.45, 7) is 0.398. The molecule has 1 aromatic heterocycles. The van der Waals surface area contributed by atoms with Crippen molar-refractivity contribution in [3.05, 3.63) is 66.2 Å². The van der Waals surface area contributed by atoms with E-state index in [0.717, 1.165) is 5.56 Å². The number of hydrogen-bond donors (Lipinski definition) is 1. The van der Waals surface area contributed by atoms with Crippen molar-refractivity contribution in [3.63, 3.8) is 0 Å². The van der Waals surface area contributed by atoms with Gasteiger partial charge >= 0.3 is 6.03 Å². The minimum atomic E-state index is -0.402. The number of amides is 2. The first-order valence-corrected chi connectivity index (χ1v) is 7.77. The Balaban J connectivity index is 1.54. The molecule has 3 rings (SSSR count). The second kappa shape index (κ2) is 7.57. The van der Waals surface area contributed by atoms with Crippen LogP contribution in [0.5, 0.6) is 0 Å². The molecule has 2 aromatic carbocycles. The SMILES string of the molecule is CN(CCc1noc(-c2ccccc2)n1)C(=O)Nc1cccc(F)c1. The fourth-order valence-electron chi connectivity index (χ4n) is 2.21. The summed E-state index contributed by atoms with van der Waals surface area (Å²) in [5.41, 5.74) is 1.25. The first kappa shape index (κ1) is 16.6. The van der Waals surface area contributed by atoms with Gasteiger partial charge in [-0.3, -0.25) is 0 Å². The zero-order chi connectivity index (χ0) is 17.6. The normalized spacial score (nSPS) is 10.5. The van der Waals surface area contributed by atoms with E-state index in [-0.39, 0.29) is 6.03 Å². The standard InChI is InChI=1S/C18H17FN4O2/c1-23(18(24)20-15-9-5-8-14(19)12-15)11-10-16-21-17(25-22-16)13-6-3-2-4-7-13/h2-9,12H,10-11H2,1H3,(H,20,24). The Hall–Kier alpha value is -3.22. The van der Waals surface area contributed by atoms with Gasteiger partial charge in [-0.1, -0.05) is 29.4 Å². The predicted molar refractivity (Wildman–Crippen MR) is 91.5 cm³/mol. The lowest BCUT2D eigenvalue weighted by Gasteiger charge is -2.17. The number of carbonyl (C=O) groups is 1. The number of hydrogen-bond acceptors (Lipinski definition) is 4. The van der Waals surface area contributed by atoms with Crippen LogP contribution < -0.4 is 5.32 Å². The van der Waals surface area contributed by atoms with Gasteiger partial charge in [-0.2, -0.15) is 4.98 Å². The molecule has 0 aliphatic rings. The number of likely N-dealkylation sites (N-methyl/N-ethyl adjacent to an activating group) is 1. The van der Waals surface area contributed by atoms with Gasteiger partial charge < -0.3 is 14.7 Å². The Morgan fingerprint density at radius 3 is 2.76 bits per heavy atom. The summed E-state index contributed by atoms with van der Waals surface area (Å²) < 4.78 is 18.4. The summed E-state index contributed by atoms with van der Waals surface area (Å²) in [5, 5.41) is 6.56. The molecule has 0 aliphatic heterocycles. The van der Waals surface area contributed by atoms with Gasteiger partial charge in [0.05, 0.1) is 0 Å². The smallest absolute Gasteiger partial charge is 0.321 e. The third kappa shape index (κ3) is 4.41. The summed E-state index contributed by atoms with van der Waals surface area (Å²) in [6, 6.07) is 14.9. The highest BCUT2D eigenvalue weighted by Crippen LogP contribution is 2.16. The molecule has 0 atom stereocenters. The van der Waals surface area contributed by atoms with Gasteiger partial charge in [0.15, 0.2) is 5.82 Å². The summed E-state index contributed by atoms with van der Waals surface area (Å²) in [7, 11) is 1.65. The number of carbonyl (C=O) groups excluding carboxylic acids is 1. The predicted octanol–water partition coefficient (Wildman–Crippen LogP) is 3.58. The lowest BCUT2D eigenvalue weighted by Crippen LogP contribution is -2.33. The number of rotatable bonds is 5. The van der Waals surface area contributed by atoms with Crippen LogP contribution in [0.25, 0.3) is 11.5 Å². The van der Waals surface area contributed by atoms with Gasteiger partial charge in [0.25, 0.3) is 5.89 Å². The molecule has 128 valence electrons. The maximum atomic E-state index is 13.1. The van der Waals surface area contributed by atoms with Crippen LogP contribution in [0, 0.1) is 5.82 Å². The number of aromatic nitrogens is 2. The maximum absolute atomic E-state index is 13.1. The van der Waals surface area contributed by atoms with E-state index in [9.17, 15) is 9.18 Å². The molecule has 0 saturated carbocycles. The molecule has 7 heteroatoms.